The molecule has 0 fully saturated rings. The van der Waals surface area contributed by atoms with Gasteiger partial charge in [0.2, 0.25) is 0 Å². The van der Waals surface area contributed by atoms with E-state index in [4.69, 9.17) is 10.5 Å². The van der Waals surface area contributed by atoms with Crippen molar-refractivity contribution in [2.45, 2.75) is 32.3 Å². The van der Waals surface area contributed by atoms with Gasteiger partial charge in [0.25, 0.3) is 0 Å². The van der Waals surface area contributed by atoms with Crippen LogP contribution in [-0.4, -0.2) is 19.2 Å². The Hall–Kier alpha value is -1.22. The van der Waals surface area contributed by atoms with Gasteiger partial charge in [0.05, 0.1) is 12.2 Å². The average molecular weight is 220 g/mol. The summed E-state index contributed by atoms with van der Waals surface area (Å²) in [7, 11) is 0. The Kier molecular flexibility index (Phi) is 3.67. The first kappa shape index (κ1) is 11.3. The number of unbranched alkanes of at least 4 members (excludes halogenated alkanes) is 1. The van der Waals surface area contributed by atoms with Crippen molar-refractivity contribution in [3.63, 3.8) is 0 Å². The van der Waals surface area contributed by atoms with Crippen molar-refractivity contribution >= 4 is 5.69 Å². The first-order valence-electron chi connectivity index (χ1n) is 6.03. The first-order chi connectivity index (χ1) is 7.79. The monoisotopic (exact) mass is 220 g/mol. The fourth-order valence-corrected chi connectivity index (χ4v) is 1.96. The van der Waals surface area contributed by atoms with Crippen LogP contribution in [0.2, 0.25) is 0 Å². The highest BCUT2D eigenvalue weighted by atomic mass is 16.5. The van der Waals surface area contributed by atoms with Gasteiger partial charge in [0.15, 0.2) is 0 Å². The Morgan fingerprint density at radius 1 is 1.44 bits per heavy atom. The Labute approximate surface area is 97.0 Å². The summed E-state index contributed by atoms with van der Waals surface area (Å²) >= 11 is 0. The number of benzene rings is 1. The molecule has 0 aliphatic carbocycles. The van der Waals surface area contributed by atoms with E-state index in [0.29, 0.717) is 0 Å². The maximum Gasteiger partial charge on any atom is 0.142 e. The molecule has 3 nitrogen and oxygen atoms in total. The number of aryl methyl sites for hydroxylation is 1. The summed E-state index contributed by atoms with van der Waals surface area (Å²) in [6.45, 7) is 3.74. The zero-order chi connectivity index (χ0) is 11.4. The minimum atomic E-state index is 0.260. The highest BCUT2D eigenvalue weighted by Crippen LogP contribution is 2.30. The van der Waals surface area contributed by atoms with Crippen LogP contribution in [0.25, 0.3) is 0 Å². The minimum absolute atomic E-state index is 0.260. The van der Waals surface area contributed by atoms with Crippen molar-refractivity contribution in [2.75, 3.05) is 18.4 Å². The molecule has 1 atom stereocenters. The third-order valence-corrected chi connectivity index (χ3v) is 2.87. The van der Waals surface area contributed by atoms with E-state index < -0.39 is 0 Å². The summed E-state index contributed by atoms with van der Waals surface area (Å²) in [5.74, 6) is 0.973. The predicted octanol–water partition coefficient (Wildman–Crippen LogP) is 2.16. The third kappa shape index (κ3) is 2.67. The molecule has 3 N–H and O–H groups in total. The molecule has 0 aromatic heterocycles. The molecule has 1 aliphatic rings. The minimum Gasteiger partial charge on any atom is -0.487 e. The van der Waals surface area contributed by atoms with Gasteiger partial charge >= 0.3 is 0 Å². The molecule has 0 saturated carbocycles. The SMILES string of the molecule is CC1CNc2cc(CCCCN)ccc2O1. The Morgan fingerprint density at radius 3 is 3.12 bits per heavy atom. The molecular formula is C13H20N2O. The number of anilines is 1. The van der Waals surface area contributed by atoms with Crippen LogP contribution >= 0.6 is 0 Å². The van der Waals surface area contributed by atoms with Gasteiger partial charge < -0.3 is 15.8 Å². The summed E-state index contributed by atoms with van der Waals surface area (Å²) in [5, 5.41) is 3.39. The van der Waals surface area contributed by atoms with E-state index >= 15 is 0 Å². The molecule has 16 heavy (non-hydrogen) atoms. The van der Waals surface area contributed by atoms with Gasteiger partial charge in [0.1, 0.15) is 11.9 Å². The quantitative estimate of drug-likeness (QED) is 0.764. The Balaban J connectivity index is 2.02. The topological polar surface area (TPSA) is 47.3 Å². The van der Waals surface area contributed by atoms with Crippen LogP contribution in [-0.2, 0) is 6.42 Å². The van der Waals surface area contributed by atoms with E-state index in [1.54, 1.807) is 0 Å². The van der Waals surface area contributed by atoms with E-state index in [0.717, 1.165) is 43.8 Å². The van der Waals surface area contributed by atoms with Crippen LogP contribution in [0.5, 0.6) is 5.75 Å². The summed E-state index contributed by atoms with van der Waals surface area (Å²) in [5.41, 5.74) is 7.97. The lowest BCUT2D eigenvalue weighted by Crippen LogP contribution is -2.27. The average Bonchev–Trinajstić information content (AvgIpc) is 2.29. The number of fused-ring (bicyclic) bond motifs is 1. The Morgan fingerprint density at radius 2 is 2.31 bits per heavy atom. The van der Waals surface area contributed by atoms with E-state index in [-0.39, 0.29) is 6.10 Å². The van der Waals surface area contributed by atoms with Gasteiger partial charge in [-0.25, -0.2) is 0 Å². The van der Waals surface area contributed by atoms with Crippen LogP contribution in [0.15, 0.2) is 18.2 Å². The van der Waals surface area contributed by atoms with E-state index in [9.17, 15) is 0 Å². The number of nitrogens with one attached hydrogen (secondary N) is 1. The lowest BCUT2D eigenvalue weighted by molar-refractivity contribution is 0.226. The number of nitrogens with two attached hydrogens (primary N) is 1. The molecule has 2 rings (SSSR count). The zero-order valence-corrected chi connectivity index (χ0v) is 9.83. The van der Waals surface area contributed by atoms with Crippen LogP contribution in [0.4, 0.5) is 5.69 Å². The fourth-order valence-electron chi connectivity index (χ4n) is 1.96. The molecule has 1 aliphatic heterocycles. The number of hydrogen-bond acceptors (Lipinski definition) is 3. The lowest BCUT2D eigenvalue weighted by Gasteiger charge is -2.25. The van der Waals surface area contributed by atoms with Gasteiger partial charge in [-0.1, -0.05) is 6.07 Å². The zero-order valence-electron chi connectivity index (χ0n) is 9.83. The molecule has 1 heterocycles. The maximum absolute atomic E-state index is 5.73. The second kappa shape index (κ2) is 5.21. The second-order valence-corrected chi connectivity index (χ2v) is 4.39. The van der Waals surface area contributed by atoms with Gasteiger partial charge in [-0.2, -0.15) is 0 Å². The second-order valence-electron chi connectivity index (χ2n) is 4.39. The highest BCUT2D eigenvalue weighted by molar-refractivity contribution is 5.59. The number of rotatable bonds is 4. The summed E-state index contributed by atoms with van der Waals surface area (Å²) in [6, 6.07) is 6.41. The number of ether oxygens (including phenoxy) is 1. The van der Waals surface area contributed by atoms with Crippen LogP contribution < -0.4 is 15.8 Å². The molecule has 0 amide bonds. The van der Waals surface area contributed by atoms with Crippen molar-refractivity contribution in [3.8, 4) is 5.75 Å². The molecule has 3 heteroatoms. The van der Waals surface area contributed by atoms with Crippen molar-refractivity contribution in [1.82, 2.24) is 0 Å². The first-order valence-corrected chi connectivity index (χ1v) is 6.03. The highest BCUT2D eigenvalue weighted by Gasteiger charge is 2.14. The van der Waals surface area contributed by atoms with E-state index in [1.165, 1.54) is 5.56 Å². The largest absolute Gasteiger partial charge is 0.487 e. The fraction of sp³-hybridized carbons (Fsp3) is 0.538. The lowest BCUT2D eigenvalue weighted by atomic mass is 10.1. The van der Waals surface area contributed by atoms with Crippen molar-refractivity contribution in [2.24, 2.45) is 5.73 Å². The maximum atomic E-state index is 5.73. The molecule has 1 unspecified atom stereocenters. The smallest absolute Gasteiger partial charge is 0.142 e. The van der Waals surface area contributed by atoms with Crippen LogP contribution in [0, 0.1) is 0 Å². The standard InChI is InChI=1S/C13H20N2O/c1-10-9-15-12-8-11(4-2-3-7-14)5-6-13(12)16-10/h5-6,8,10,15H,2-4,7,9,14H2,1H3. The Bertz CT molecular complexity index is 352. The molecular weight excluding hydrogens is 200 g/mol. The van der Waals surface area contributed by atoms with E-state index in [1.807, 2.05) is 0 Å². The van der Waals surface area contributed by atoms with Gasteiger partial charge in [0, 0.05) is 0 Å². The van der Waals surface area contributed by atoms with Gasteiger partial charge in [-0.3, -0.25) is 0 Å². The van der Waals surface area contributed by atoms with Crippen molar-refractivity contribution < 1.29 is 4.74 Å². The van der Waals surface area contributed by atoms with E-state index in [2.05, 4.69) is 30.4 Å². The molecule has 0 radical (unpaired) electrons. The normalized spacial score (nSPS) is 18.5. The van der Waals surface area contributed by atoms with Crippen LogP contribution in [0.1, 0.15) is 25.3 Å². The summed E-state index contributed by atoms with van der Waals surface area (Å²) < 4.78 is 5.73. The van der Waals surface area contributed by atoms with Crippen molar-refractivity contribution in [3.05, 3.63) is 23.8 Å². The number of hydrogen-bond donors (Lipinski definition) is 2. The summed E-state index contributed by atoms with van der Waals surface area (Å²) in [6.07, 6.45) is 3.61. The van der Waals surface area contributed by atoms with Gasteiger partial charge in [-0.05, 0) is 50.4 Å². The molecule has 88 valence electrons. The molecule has 1 aromatic rings. The van der Waals surface area contributed by atoms with Gasteiger partial charge in [-0.15, -0.1) is 0 Å². The van der Waals surface area contributed by atoms with Crippen molar-refractivity contribution in [1.29, 1.82) is 0 Å². The molecule has 0 bridgehead atoms. The third-order valence-electron chi connectivity index (χ3n) is 2.87. The molecule has 0 spiro atoms. The molecule has 1 aromatic carbocycles. The van der Waals surface area contributed by atoms with Crippen LogP contribution in [0.3, 0.4) is 0 Å². The predicted molar refractivity (Wildman–Crippen MR) is 67.0 cm³/mol. The molecule has 0 saturated heterocycles. The summed E-state index contributed by atoms with van der Waals surface area (Å²) in [4.78, 5) is 0.